The zero-order valence-electron chi connectivity index (χ0n) is 8.58. The third-order valence-corrected chi connectivity index (χ3v) is 4.40. The van der Waals surface area contributed by atoms with Crippen LogP contribution in [0.5, 0.6) is 0 Å². The van der Waals surface area contributed by atoms with E-state index in [1.165, 1.54) is 6.42 Å². The Morgan fingerprint density at radius 3 is 2.20 bits per heavy atom. The van der Waals surface area contributed by atoms with E-state index in [4.69, 9.17) is 11.6 Å². The molecule has 0 spiro atoms. The van der Waals surface area contributed by atoms with Gasteiger partial charge in [-0.3, -0.25) is 0 Å². The Balaban J connectivity index is 2.33. The molecule has 0 N–H and O–H groups in total. The first kappa shape index (κ1) is 13.5. The molecule has 0 aromatic rings. The van der Waals surface area contributed by atoms with Crippen LogP contribution in [0, 0.1) is 5.41 Å². The maximum atomic E-state index is 12.0. The van der Waals surface area contributed by atoms with Crippen molar-refractivity contribution in [3.63, 3.8) is 0 Å². The average molecular weight is 261 g/mol. The lowest BCUT2D eigenvalue weighted by Gasteiger charge is -2.35. The summed E-state index contributed by atoms with van der Waals surface area (Å²) in [4.78, 5) is 0. The Bertz CT molecular complexity index is 188. The highest BCUT2D eigenvalue weighted by molar-refractivity contribution is 8.00. The Morgan fingerprint density at radius 2 is 1.73 bits per heavy atom. The van der Waals surface area contributed by atoms with Crippen LogP contribution in [0.15, 0.2) is 0 Å². The number of rotatable bonds is 4. The lowest BCUT2D eigenvalue weighted by atomic mass is 9.74. The maximum Gasteiger partial charge on any atom is 0.441 e. The normalized spacial score (nSPS) is 21.6. The second-order valence-electron chi connectivity index (χ2n) is 4.24. The molecule has 5 heteroatoms. The number of thioether (sulfide) groups is 1. The second kappa shape index (κ2) is 5.67. The zero-order valence-corrected chi connectivity index (χ0v) is 10.1. The van der Waals surface area contributed by atoms with E-state index < -0.39 is 5.51 Å². The molecule has 0 aliphatic heterocycles. The van der Waals surface area contributed by atoms with E-state index in [0.29, 0.717) is 12.3 Å². The van der Waals surface area contributed by atoms with Crippen LogP contribution in [0.25, 0.3) is 0 Å². The third-order valence-electron chi connectivity index (χ3n) is 3.10. The van der Waals surface area contributed by atoms with Gasteiger partial charge in [0, 0.05) is 11.6 Å². The Hall–Kier alpha value is 0.430. The number of hydrogen-bond donors (Lipinski definition) is 0. The van der Waals surface area contributed by atoms with Crippen LogP contribution in [-0.2, 0) is 0 Å². The highest BCUT2D eigenvalue weighted by Crippen LogP contribution is 2.42. The van der Waals surface area contributed by atoms with Crippen molar-refractivity contribution in [1.29, 1.82) is 0 Å². The fourth-order valence-electron chi connectivity index (χ4n) is 2.14. The van der Waals surface area contributed by atoms with Crippen LogP contribution in [0.4, 0.5) is 13.2 Å². The van der Waals surface area contributed by atoms with Gasteiger partial charge >= 0.3 is 5.51 Å². The zero-order chi connectivity index (χ0) is 11.4. The predicted octanol–water partition coefficient (Wildman–Crippen LogP) is 4.82. The van der Waals surface area contributed by atoms with Gasteiger partial charge in [-0.1, -0.05) is 31.0 Å². The Morgan fingerprint density at radius 1 is 1.13 bits per heavy atom. The van der Waals surface area contributed by atoms with Crippen molar-refractivity contribution in [3.05, 3.63) is 0 Å². The van der Waals surface area contributed by atoms with Crippen LogP contribution in [0.3, 0.4) is 0 Å². The molecule has 90 valence electrons. The highest BCUT2D eigenvalue weighted by Gasteiger charge is 2.34. The third kappa shape index (κ3) is 4.85. The van der Waals surface area contributed by atoms with E-state index in [9.17, 15) is 13.2 Å². The van der Waals surface area contributed by atoms with Gasteiger partial charge in [0.25, 0.3) is 0 Å². The molecule has 0 radical (unpaired) electrons. The topological polar surface area (TPSA) is 0 Å². The second-order valence-corrected chi connectivity index (χ2v) is 5.67. The molecule has 0 bridgehead atoms. The molecule has 0 saturated heterocycles. The first-order chi connectivity index (χ1) is 6.97. The molecule has 0 atom stereocenters. The quantitative estimate of drug-likeness (QED) is 0.653. The van der Waals surface area contributed by atoms with Crippen molar-refractivity contribution in [2.75, 3.05) is 11.6 Å². The van der Waals surface area contributed by atoms with Gasteiger partial charge in [-0.05, 0) is 24.7 Å². The summed E-state index contributed by atoms with van der Waals surface area (Å²) < 4.78 is 35.9. The van der Waals surface area contributed by atoms with Gasteiger partial charge in [0.2, 0.25) is 0 Å². The monoisotopic (exact) mass is 260 g/mol. The summed E-state index contributed by atoms with van der Waals surface area (Å²) in [6, 6.07) is 0. The Labute approximate surface area is 97.9 Å². The molecular weight excluding hydrogens is 245 g/mol. The summed E-state index contributed by atoms with van der Waals surface area (Å²) in [6.07, 6.45) is 6.02. The molecule has 15 heavy (non-hydrogen) atoms. The molecule has 0 amide bonds. The lowest BCUT2D eigenvalue weighted by molar-refractivity contribution is -0.0329. The van der Waals surface area contributed by atoms with Crippen molar-refractivity contribution in [1.82, 2.24) is 0 Å². The number of alkyl halides is 4. The fourth-order valence-corrected chi connectivity index (χ4v) is 3.30. The van der Waals surface area contributed by atoms with Gasteiger partial charge in [-0.2, -0.15) is 13.2 Å². The first-order valence-corrected chi connectivity index (χ1v) is 6.76. The van der Waals surface area contributed by atoms with Crippen molar-refractivity contribution in [3.8, 4) is 0 Å². The molecule has 1 fully saturated rings. The number of hydrogen-bond acceptors (Lipinski definition) is 1. The predicted molar refractivity (Wildman–Crippen MR) is 59.4 cm³/mol. The molecule has 0 nitrogen and oxygen atoms in total. The molecule has 0 heterocycles. The standard InChI is InChI=1S/C10H16ClF3S/c11-8-9(4-2-1-3-5-9)6-7-15-10(12,13)14/h1-8H2. The maximum absolute atomic E-state index is 12.0. The molecule has 0 aromatic carbocycles. The van der Waals surface area contributed by atoms with Crippen molar-refractivity contribution in [2.45, 2.75) is 44.0 Å². The first-order valence-electron chi connectivity index (χ1n) is 5.24. The van der Waals surface area contributed by atoms with Gasteiger partial charge in [0.15, 0.2) is 0 Å². The van der Waals surface area contributed by atoms with Gasteiger partial charge in [0.1, 0.15) is 0 Å². The van der Waals surface area contributed by atoms with E-state index in [-0.39, 0.29) is 22.9 Å². The molecular formula is C10H16ClF3S. The Kier molecular flexibility index (Phi) is 5.10. The van der Waals surface area contributed by atoms with Crippen LogP contribution >= 0.6 is 23.4 Å². The van der Waals surface area contributed by atoms with E-state index in [1.54, 1.807) is 0 Å². The molecule has 0 unspecified atom stereocenters. The fraction of sp³-hybridized carbons (Fsp3) is 1.00. The summed E-state index contributed by atoms with van der Waals surface area (Å²) in [7, 11) is 0. The smallest absolute Gasteiger partial charge is 0.160 e. The van der Waals surface area contributed by atoms with Crippen molar-refractivity contribution >= 4 is 23.4 Å². The summed E-state index contributed by atoms with van der Waals surface area (Å²) in [5.41, 5.74) is -4.11. The van der Waals surface area contributed by atoms with Gasteiger partial charge in [-0.25, -0.2) is 0 Å². The van der Waals surface area contributed by atoms with E-state index >= 15 is 0 Å². The summed E-state index contributed by atoms with van der Waals surface area (Å²) >= 11 is 5.98. The van der Waals surface area contributed by atoms with Crippen LogP contribution in [-0.4, -0.2) is 17.1 Å². The van der Waals surface area contributed by atoms with Gasteiger partial charge < -0.3 is 0 Å². The van der Waals surface area contributed by atoms with E-state index in [0.717, 1.165) is 25.7 Å². The molecule has 1 aliphatic rings. The van der Waals surface area contributed by atoms with E-state index in [2.05, 4.69) is 0 Å². The minimum atomic E-state index is -4.10. The number of halogens is 4. The SMILES string of the molecule is FC(F)(F)SCCC1(CCl)CCCCC1. The molecule has 0 aromatic heterocycles. The van der Waals surface area contributed by atoms with Crippen molar-refractivity contribution < 1.29 is 13.2 Å². The van der Waals surface area contributed by atoms with Crippen molar-refractivity contribution in [2.24, 2.45) is 5.41 Å². The van der Waals surface area contributed by atoms with Crippen LogP contribution < -0.4 is 0 Å². The van der Waals surface area contributed by atoms with Crippen LogP contribution in [0.1, 0.15) is 38.5 Å². The molecule has 1 aliphatic carbocycles. The largest absolute Gasteiger partial charge is 0.441 e. The van der Waals surface area contributed by atoms with Gasteiger partial charge in [-0.15, -0.1) is 11.6 Å². The average Bonchev–Trinajstić information content (AvgIpc) is 2.17. The highest BCUT2D eigenvalue weighted by atomic mass is 35.5. The van der Waals surface area contributed by atoms with E-state index in [1.807, 2.05) is 0 Å². The summed E-state index contributed by atoms with van der Waals surface area (Å²) in [5, 5.41) is 0. The summed E-state index contributed by atoms with van der Waals surface area (Å²) in [6.45, 7) is 0. The minimum absolute atomic E-state index is 0.0158. The minimum Gasteiger partial charge on any atom is -0.160 e. The van der Waals surface area contributed by atoms with Gasteiger partial charge in [0.05, 0.1) is 0 Å². The summed E-state index contributed by atoms with van der Waals surface area (Å²) in [5.74, 6) is 0.654. The van der Waals surface area contributed by atoms with Crippen LogP contribution in [0.2, 0.25) is 0 Å². The molecule has 1 saturated carbocycles. The lowest BCUT2D eigenvalue weighted by Crippen LogP contribution is -2.27. The molecule has 1 rings (SSSR count).